The van der Waals surface area contributed by atoms with E-state index in [0.717, 1.165) is 29.3 Å². The van der Waals surface area contributed by atoms with Crippen LogP contribution in [0.4, 0.5) is 23.7 Å². The van der Waals surface area contributed by atoms with Crippen LogP contribution in [0, 0.1) is 13.8 Å². The first kappa shape index (κ1) is 29.8. The summed E-state index contributed by atoms with van der Waals surface area (Å²) in [6, 6.07) is 13.0. The van der Waals surface area contributed by atoms with E-state index >= 15 is 0 Å². The van der Waals surface area contributed by atoms with Crippen LogP contribution >= 0.6 is 0 Å². The molecule has 1 atom stereocenters. The number of rotatable bonds is 9. The molecule has 0 heterocycles. The van der Waals surface area contributed by atoms with Crippen molar-refractivity contribution in [2.24, 2.45) is 0 Å². The summed E-state index contributed by atoms with van der Waals surface area (Å²) in [6.07, 6.45) is -4.07. The van der Waals surface area contributed by atoms with E-state index in [0.29, 0.717) is 23.7 Å². The second kappa shape index (κ2) is 12.0. The highest BCUT2D eigenvalue weighted by Gasteiger charge is 2.32. The van der Waals surface area contributed by atoms with Crippen molar-refractivity contribution in [1.82, 2.24) is 4.90 Å². The lowest BCUT2D eigenvalue weighted by molar-refractivity contribution is -0.137. The van der Waals surface area contributed by atoms with Crippen molar-refractivity contribution in [3.05, 3.63) is 82.9 Å². The van der Waals surface area contributed by atoms with Gasteiger partial charge in [-0.25, -0.2) is 4.79 Å². The van der Waals surface area contributed by atoms with Crippen LogP contribution in [0.25, 0.3) is 0 Å². The Morgan fingerprint density at radius 1 is 1.00 bits per heavy atom. The van der Waals surface area contributed by atoms with Crippen LogP contribution < -0.4 is 14.2 Å². The summed E-state index contributed by atoms with van der Waals surface area (Å²) in [5, 5.41) is 2.97. The number of carbonyl (C=O) groups excluding carboxylic acids is 1. The van der Waals surface area contributed by atoms with E-state index in [1.54, 1.807) is 11.0 Å². The number of alkyl halides is 3. The number of benzene rings is 3. The molecule has 2 amide bonds. The van der Waals surface area contributed by atoms with E-state index < -0.39 is 26.8 Å². The van der Waals surface area contributed by atoms with Crippen molar-refractivity contribution in [3.63, 3.8) is 0 Å². The molecule has 3 rings (SSSR count). The average molecular weight is 565 g/mol. The summed E-state index contributed by atoms with van der Waals surface area (Å²) < 4.78 is 75.6. The van der Waals surface area contributed by atoms with Gasteiger partial charge in [0.1, 0.15) is 4.90 Å². The zero-order valence-corrected chi connectivity index (χ0v) is 23.1. The third kappa shape index (κ3) is 7.23. The van der Waals surface area contributed by atoms with Gasteiger partial charge in [0.05, 0.1) is 12.7 Å². The number of nitrogens with zero attached hydrogens (tertiary/aromatic N) is 1. The fourth-order valence-electron chi connectivity index (χ4n) is 3.91. The maximum atomic E-state index is 13.3. The number of urea groups is 1. The number of halogens is 3. The van der Waals surface area contributed by atoms with Crippen LogP contribution in [-0.2, 0) is 22.8 Å². The van der Waals surface area contributed by atoms with Crippen LogP contribution in [0.2, 0.25) is 0 Å². The zero-order valence-electron chi connectivity index (χ0n) is 22.3. The predicted molar refractivity (Wildman–Crippen MR) is 142 cm³/mol. The van der Waals surface area contributed by atoms with Gasteiger partial charge in [0.15, 0.2) is 11.5 Å². The maximum Gasteiger partial charge on any atom is 0.416 e. The number of ether oxygens (including phenoxy) is 1. The van der Waals surface area contributed by atoms with Gasteiger partial charge in [0, 0.05) is 18.3 Å². The second-order valence-electron chi connectivity index (χ2n) is 9.13. The number of aryl methyl sites for hydroxylation is 2. The van der Waals surface area contributed by atoms with Crippen molar-refractivity contribution in [3.8, 4) is 11.5 Å². The number of methoxy groups -OCH3 is 1. The summed E-state index contributed by atoms with van der Waals surface area (Å²) in [7, 11) is -3.33. The topological polar surface area (TPSA) is 84.9 Å². The smallest absolute Gasteiger partial charge is 0.416 e. The lowest BCUT2D eigenvalue weighted by Gasteiger charge is -2.29. The van der Waals surface area contributed by atoms with Gasteiger partial charge in [-0.1, -0.05) is 37.3 Å². The highest BCUT2D eigenvalue weighted by Crippen LogP contribution is 2.34. The summed E-state index contributed by atoms with van der Waals surface area (Å²) in [5.74, 6) is -0.156. The second-order valence-corrected chi connectivity index (χ2v) is 10.7. The first-order chi connectivity index (χ1) is 18.3. The number of amides is 2. The summed E-state index contributed by atoms with van der Waals surface area (Å²) in [5.41, 5.74) is 1.94. The molecule has 7 nitrogen and oxygen atoms in total. The van der Waals surface area contributed by atoms with Gasteiger partial charge in [-0.15, -0.1) is 0 Å². The number of carbonyl (C=O) groups is 1. The van der Waals surface area contributed by atoms with Crippen molar-refractivity contribution in [1.29, 1.82) is 0 Å². The molecule has 39 heavy (non-hydrogen) atoms. The number of nitrogens with one attached hydrogen (secondary N) is 1. The Balaban J connectivity index is 1.91. The summed E-state index contributed by atoms with van der Waals surface area (Å²) in [6.45, 7) is 7.73. The molecule has 0 bridgehead atoms. The molecular weight excluding hydrogens is 533 g/mol. The number of anilines is 1. The van der Waals surface area contributed by atoms with Gasteiger partial charge < -0.3 is 19.1 Å². The molecule has 0 saturated heterocycles. The predicted octanol–water partition coefficient (Wildman–Crippen LogP) is 6.93. The molecule has 1 N–H and O–H groups in total. The van der Waals surface area contributed by atoms with Crippen molar-refractivity contribution >= 4 is 21.8 Å². The number of para-hydroxylation sites is 1. The van der Waals surface area contributed by atoms with Crippen LogP contribution in [0.1, 0.15) is 42.5 Å². The molecule has 3 aromatic carbocycles. The molecule has 0 aliphatic rings. The Labute approximate surface area is 226 Å². The van der Waals surface area contributed by atoms with Gasteiger partial charge in [0.25, 0.3) is 0 Å². The molecule has 0 radical (unpaired) electrons. The molecule has 210 valence electrons. The Kier molecular flexibility index (Phi) is 9.16. The third-order valence-corrected chi connectivity index (χ3v) is 7.56. The van der Waals surface area contributed by atoms with Gasteiger partial charge in [-0.05, 0) is 74.2 Å². The summed E-state index contributed by atoms with van der Waals surface area (Å²) in [4.78, 5) is 14.3. The fourth-order valence-corrected chi connectivity index (χ4v) is 4.89. The minimum absolute atomic E-state index is 0.0596. The standard InChI is InChI=1S/C28H31F3N2O5S/c1-6-20(4)33(27(34)32-26-18(2)9-7-10-19(26)3)17-21-13-14-24(37-5)25(15-21)38-39(35,36)23-12-8-11-22(16-23)28(29,30)31/h7-16,20H,6,17H2,1-5H3,(H,32,34). The Morgan fingerprint density at radius 3 is 2.23 bits per heavy atom. The Bertz CT molecular complexity index is 1420. The van der Waals surface area contributed by atoms with Gasteiger partial charge in [0.2, 0.25) is 0 Å². The van der Waals surface area contributed by atoms with Crippen LogP contribution in [0.5, 0.6) is 11.5 Å². The molecule has 3 aromatic rings. The molecule has 11 heteroatoms. The highest BCUT2D eigenvalue weighted by atomic mass is 32.2. The molecule has 0 aromatic heterocycles. The molecule has 0 fully saturated rings. The van der Waals surface area contributed by atoms with E-state index in [9.17, 15) is 26.4 Å². The van der Waals surface area contributed by atoms with Crippen LogP contribution in [0.3, 0.4) is 0 Å². The minimum Gasteiger partial charge on any atom is -0.493 e. The van der Waals surface area contributed by atoms with Gasteiger partial charge >= 0.3 is 22.3 Å². The van der Waals surface area contributed by atoms with Crippen LogP contribution in [-0.4, -0.2) is 32.5 Å². The molecule has 1 unspecified atom stereocenters. The van der Waals surface area contributed by atoms with Crippen molar-refractivity contribution in [2.75, 3.05) is 12.4 Å². The average Bonchev–Trinajstić information content (AvgIpc) is 2.88. The number of hydrogen-bond acceptors (Lipinski definition) is 5. The van der Waals surface area contributed by atoms with Crippen molar-refractivity contribution in [2.45, 2.75) is 57.8 Å². The molecule has 0 aliphatic carbocycles. The maximum absolute atomic E-state index is 13.3. The third-order valence-electron chi connectivity index (χ3n) is 6.33. The van der Waals surface area contributed by atoms with Gasteiger partial charge in [-0.3, -0.25) is 0 Å². The number of hydrogen-bond donors (Lipinski definition) is 1. The minimum atomic E-state index is -4.72. The fraction of sp³-hybridized carbons (Fsp3) is 0.321. The first-order valence-electron chi connectivity index (χ1n) is 12.2. The van der Waals surface area contributed by atoms with Crippen molar-refractivity contribution < 1.29 is 35.3 Å². The van der Waals surface area contributed by atoms with Gasteiger partial charge in [-0.2, -0.15) is 21.6 Å². The monoisotopic (exact) mass is 564 g/mol. The zero-order chi connectivity index (χ0) is 29.0. The summed E-state index contributed by atoms with van der Waals surface area (Å²) >= 11 is 0. The molecule has 0 aliphatic heterocycles. The van der Waals surface area contributed by atoms with E-state index in [2.05, 4.69) is 5.32 Å². The quantitative estimate of drug-likeness (QED) is 0.285. The highest BCUT2D eigenvalue weighted by molar-refractivity contribution is 7.87. The van der Waals surface area contributed by atoms with E-state index in [4.69, 9.17) is 8.92 Å². The van der Waals surface area contributed by atoms with E-state index in [1.807, 2.05) is 45.9 Å². The molecule has 0 saturated carbocycles. The normalized spacial score (nSPS) is 12.5. The van der Waals surface area contributed by atoms with E-state index in [1.165, 1.54) is 19.2 Å². The lowest BCUT2D eigenvalue weighted by atomic mass is 10.1. The van der Waals surface area contributed by atoms with E-state index in [-0.39, 0.29) is 30.1 Å². The molecular formula is C28H31F3N2O5S. The first-order valence-corrected chi connectivity index (χ1v) is 13.6. The lowest BCUT2D eigenvalue weighted by Crippen LogP contribution is -2.40. The molecule has 0 spiro atoms. The Hall–Kier alpha value is -3.73. The van der Waals surface area contributed by atoms with Crippen LogP contribution in [0.15, 0.2) is 65.6 Å². The Morgan fingerprint density at radius 2 is 1.64 bits per heavy atom. The SMILES string of the molecule is CCC(C)N(Cc1ccc(OC)c(OS(=O)(=O)c2cccc(C(F)(F)F)c2)c1)C(=O)Nc1c(C)cccc1C. The largest absolute Gasteiger partial charge is 0.493 e.